The summed E-state index contributed by atoms with van der Waals surface area (Å²) in [6.45, 7) is 7.28. The Bertz CT molecular complexity index is 569. The second-order valence-electron chi connectivity index (χ2n) is 5.45. The van der Waals surface area contributed by atoms with Gasteiger partial charge in [0.2, 0.25) is 0 Å². The number of sulfonamides is 1. The van der Waals surface area contributed by atoms with Gasteiger partial charge in [-0.3, -0.25) is 0 Å². The van der Waals surface area contributed by atoms with Crippen LogP contribution in [0, 0.1) is 12.3 Å². The van der Waals surface area contributed by atoms with Crippen molar-refractivity contribution in [2.45, 2.75) is 50.7 Å². The number of hydrogen-bond donors (Lipinski definition) is 0. The molecular weight excluding hydrogens is 316 g/mol. The standard InChI is InChI=1S/C13H21ClN2O2S2/c1-4-13(5-2)6-8-16(9-7-13)20(17,18)11-10(3)15-12(14)19-11/h4-9H2,1-3H3. The van der Waals surface area contributed by atoms with Crippen LogP contribution in [0.4, 0.5) is 0 Å². The van der Waals surface area contributed by atoms with E-state index in [2.05, 4.69) is 18.8 Å². The molecule has 7 heteroatoms. The molecule has 0 atom stereocenters. The van der Waals surface area contributed by atoms with Crippen molar-refractivity contribution < 1.29 is 8.42 Å². The molecule has 4 nitrogen and oxygen atoms in total. The molecule has 2 rings (SSSR count). The van der Waals surface area contributed by atoms with E-state index >= 15 is 0 Å². The number of aryl methyl sites for hydroxylation is 1. The van der Waals surface area contributed by atoms with E-state index in [0.29, 0.717) is 28.4 Å². The zero-order valence-electron chi connectivity index (χ0n) is 12.1. The molecule has 0 unspecified atom stereocenters. The van der Waals surface area contributed by atoms with Crippen LogP contribution in [-0.2, 0) is 10.0 Å². The molecule has 0 aliphatic carbocycles. The zero-order valence-corrected chi connectivity index (χ0v) is 14.5. The summed E-state index contributed by atoms with van der Waals surface area (Å²) in [6, 6.07) is 0. The van der Waals surface area contributed by atoms with Gasteiger partial charge in [-0.1, -0.05) is 49.6 Å². The van der Waals surface area contributed by atoms with Gasteiger partial charge in [0.1, 0.15) is 0 Å². The SMILES string of the molecule is CCC1(CC)CCN(S(=O)(=O)c2sc(Cl)nc2C)CC1. The summed E-state index contributed by atoms with van der Waals surface area (Å²) in [5.41, 5.74) is 0.815. The van der Waals surface area contributed by atoms with Gasteiger partial charge in [0, 0.05) is 13.1 Å². The fourth-order valence-corrected chi connectivity index (χ4v) is 6.18. The van der Waals surface area contributed by atoms with Gasteiger partial charge >= 0.3 is 0 Å². The van der Waals surface area contributed by atoms with Crippen LogP contribution in [0.2, 0.25) is 4.47 Å². The van der Waals surface area contributed by atoms with Crippen LogP contribution in [0.25, 0.3) is 0 Å². The van der Waals surface area contributed by atoms with Gasteiger partial charge in [0.15, 0.2) is 8.68 Å². The Labute approximate surface area is 130 Å². The number of thiazole rings is 1. The highest BCUT2D eigenvalue weighted by Gasteiger charge is 2.37. The summed E-state index contributed by atoms with van der Waals surface area (Å²) >= 11 is 6.88. The molecule has 0 saturated carbocycles. The maximum absolute atomic E-state index is 12.6. The quantitative estimate of drug-likeness (QED) is 0.842. The highest BCUT2D eigenvalue weighted by atomic mass is 35.5. The minimum Gasteiger partial charge on any atom is -0.229 e. The Morgan fingerprint density at radius 2 is 1.85 bits per heavy atom. The Hall–Kier alpha value is -0.170. The van der Waals surface area contributed by atoms with E-state index in [9.17, 15) is 8.42 Å². The molecular formula is C13H21ClN2O2S2. The average molecular weight is 337 g/mol. The van der Waals surface area contributed by atoms with Crippen molar-refractivity contribution in [3.05, 3.63) is 10.2 Å². The Kier molecular flexibility index (Phi) is 4.79. The molecule has 1 saturated heterocycles. The highest BCUT2D eigenvalue weighted by molar-refractivity contribution is 7.91. The third kappa shape index (κ3) is 2.89. The number of halogens is 1. The lowest BCUT2D eigenvalue weighted by molar-refractivity contribution is 0.142. The van der Waals surface area contributed by atoms with Crippen molar-refractivity contribution in [1.29, 1.82) is 0 Å². The van der Waals surface area contributed by atoms with Crippen LogP contribution in [0.3, 0.4) is 0 Å². The van der Waals surface area contributed by atoms with E-state index in [1.807, 2.05) is 0 Å². The van der Waals surface area contributed by atoms with Crippen molar-refractivity contribution in [2.75, 3.05) is 13.1 Å². The average Bonchev–Trinajstić information content (AvgIpc) is 2.78. The minimum absolute atomic E-state index is 0.287. The topological polar surface area (TPSA) is 50.3 Å². The lowest BCUT2D eigenvalue weighted by Crippen LogP contribution is -2.42. The maximum atomic E-state index is 12.6. The first-order chi connectivity index (χ1) is 9.34. The van der Waals surface area contributed by atoms with E-state index in [1.165, 1.54) is 0 Å². The second kappa shape index (κ2) is 5.91. The van der Waals surface area contributed by atoms with Crippen LogP contribution in [0.1, 0.15) is 45.2 Å². The lowest BCUT2D eigenvalue weighted by Gasteiger charge is -2.40. The number of piperidine rings is 1. The fraction of sp³-hybridized carbons (Fsp3) is 0.769. The molecule has 1 aliphatic heterocycles. The highest BCUT2D eigenvalue weighted by Crippen LogP contribution is 2.40. The van der Waals surface area contributed by atoms with Gasteiger partial charge in [0.25, 0.3) is 10.0 Å². The van der Waals surface area contributed by atoms with Gasteiger partial charge in [-0.25, -0.2) is 13.4 Å². The molecule has 0 spiro atoms. The number of rotatable bonds is 4. The largest absolute Gasteiger partial charge is 0.254 e. The molecule has 114 valence electrons. The van der Waals surface area contributed by atoms with Gasteiger partial charge in [0.05, 0.1) is 5.69 Å². The first-order valence-corrected chi connectivity index (χ1v) is 9.61. The smallest absolute Gasteiger partial charge is 0.229 e. The Morgan fingerprint density at radius 1 is 1.30 bits per heavy atom. The van der Waals surface area contributed by atoms with Crippen LogP contribution >= 0.6 is 22.9 Å². The van der Waals surface area contributed by atoms with Crippen LogP contribution in [0.15, 0.2) is 4.21 Å². The van der Waals surface area contributed by atoms with E-state index in [-0.39, 0.29) is 4.47 Å². The van der Waals surface area contributed by atoms with Gasteiger partial charge < -0.3 is 0 Å². The lowest BCUT2D eigenvalue weighted by atomic mass is 9.75. The van der Waals surface area contributed by atoms with Gasteiger partial charge in [-0.05, 0) is 25.2 Å². The molecule has 1 aromatic heterocycles. The van der Waals surface area contributed by atoms with E-state index in [1.54, 1.807) is 11.2 Å². The Balaban J connectivity index is 2.20. The van der Waals surface area contributed by atoms with E-state index in [4.69, 9.17) is 11.6 Å². The van der Waals surface area contributed by atoms with E-state index in [0.717, 1.165) is 37.0 Å². The Morgan fingerprint density at radius 3 is 2.25 bits per heavy atom. The molecule has 0 bridgehead atoms. The molecule has 0 N–H and O–H groups in total. The number of hydrogen-bond acceptors (Lipinski definition) is 4. The van der Waals surface area contributed by atoms with Gasteiger partial charge in [-0.15, -0.1) is 0 Å². The summed E-state index contributed by atoms with van der Waals surface area (Å²) in [5, 5.41) is 0. The monoisotopic (exact) mass is 336 g/mol. The number of nitrogens with zero attached hydrogens (tertiary/aromatic N) is 2. The third-order valence-corrected chi connectivity index (χ3v) is 8.33. The van der Waals surface area contributed by atoms with Crippen molar-refractivity contribution in [3.8, 4) is 0 Å². The predicted molar refractivity (Wildman–Crippen MR) is 82.9 cm³/mol. The van der Waals surface area contributed by atoms with Gasteiger partial charge in [-0.2, -0.15) is 4.31 Å². The summed E-state index contributed by atoms with van der Waals surface area (Å²) in [4.78, 5) is 4.01. The molecule has 1 fully saturated rings. The summed E-state index contributed by atoms with van der Waals surface area (Å²) in [6.07, 6.45) is 4.10. The summed E-state index contributed by atoms with van der Waals surface area (Å²) < 4.78 is 27.5. The van der Waals surface area contributed by atoms with Crippen molar-refractivity contribution in [1.82, 2.24) is 9.29 Å². The first kappa shape index (κ1) is 16.2. The fourth-order valence-electron chi connectivity index (χ4n) is 2.87. The van der Waals surface area contributed by atoms with Crippen molar-refractivity contribution in [3.63, 3.8) is 0 Å². The van der Waals surface area contributed by atoms with Crippen LogP contribution < -0.4 is 0 Å². The second-order valence-corrected chi connectivity index (χ2v) is 9.17. The van der Waals surface area contributed by atoms with Crippen LogP contribution in [0.5, 0.6) is 0 Å². The molecule has 0 aromatic carbocycles. The molecule has 1 aliphatic rings. The summed E-state index contributed by atoms with van der Waals surface area (Å²) in [5.74, 6) is 0. The molecule has 0 radical (unpaired) electrons. The van der Waals surface area contributed by atoms with Crippen LogP contribution in [-0.4, -0.2) is 30.8 Å². The maximum Gasteiger partial charge on any atom is 0.254 e. The summed E-state index contributed by atoms with van der Waals surface area (Å²) in [7, 11) is -3.43. The third-order valence-electron chi connectivity index (χ3n) is 4.59. The van der Waals surface area contributed by atoms with Crippen molar-refractivity contribution >= 4 is 33.0 Å². The molecule has 20 heavy (non-hydrogen) atoms. The molecule has 0 amide bonds. The normalized spacial score (nSPS) is 20.2. The number of aromatic nitrogens is 1. The minimum atomic E-state index is -3.43. The van der Waals surface area contributed by atoms with E-state index < -0.39 is 10.0 Å². The zero-order chi connectivity index (χ0) is 15.0. The van der Waals surface area contributed by atoms with Crippen molar-refractivity contribution in [2.24, 2.45) is 5.41 Å². The molecule has 1 aromatic rings. The first-order valence-electron chi connectivity index (χ1n) is 6.98. The molecule has 2 heterocycles. The predicted octanol–water partition coefficient (Wildman–Crippen LogP) is 3.70.